The van der Waals surface area contributed by atoms with Crippen LogP contribution >= 0.6 is 0 Å². The molecule has 3 rings (SSSR count). The summed E-state index contributed by atoms with van der Waals surface area (Å²) in [4.78, 5) is 36.7. The number of hydrogen-bond acceptors (Lipinski definition) is 4. The van der Waals surface area contributed by atoms with Gasteiger partial charge in [-0.15, -0.1) is 0 Å². The summed E-state index contributed by atoms with van der Waals surface area (Å²) in [5, 5.41) is 0. The summed E-state index contributed by atoms with van der Waals surface area (Å²) in [5.74, 6) is 0.795. The first-order chi connectivity index (χ1) is 11.1. The minimum Gasteiger partial charge on any atom is -0.337 e. The molecule has 1 aromatic rings. The van der Waals surface area contributed by atoms with Crippen molar-refractivity contribution < 1.29 is 9.59 Å². The Labute approximate surface area is 136 Å². The largest absolute Gasteiger partial charge is 0.337 e. The Balaban J connectivity index is 1.59. The number of carbonyl (C=O) groups excluding carboxylic acids is 2. The van der Waals surface area contributed by atoms with Gasteiger partial charge >= 0.3 is 0 Å². The molecule has 0 N–H and O–H groups in total. The number of rotatable bonds is 5. The molecule has 2 fully saturated rings. The van der Waals surface area contributed by atoms with E-state index in [1.807, 2.05) is 9.80 Å². The standard InChI is InChI=1S/C17H24N4O2/c1-12(2)10-21-14-5-6-20(15(14)7-17(21)23)16(22)4-3-13-8-18-11-19-9-13/h8-9,11-12,14-15H,3-7,10H2,1-2H3/t14-,15+/m0/s1. The predicted molar refractivity (Wildman–Crippen MR) is 85.4 cm³/mol. The van der Waals surface area contributed by atoms with E-state index < -0.39 is 0 Å². The van der Waals surface area contributed by atoms with Gasteiger partial charge in [0.1, 0.15) is 6.33 Å². The SMILES string of the molecule is CC(C)CN1C(=O)C[C@@H]2[C@@H]1CCN2C(=O)CCc1cncnc1. The Morgan fingerprint density at radius 1 is 1.30 bits per heavy atom. The lowest BCUT2D eigenvalue weighted by molar-refractivity contribution is -0.132. The van der Waals surface area contributed by atoms with Crippen LogP contribution in [0.4, 0.5) is 0 Å². The molecule has 2 saturated heterocycles. The highest BCUT2D eigenvalue weighted by Gasteiger charge is 2.47. The fourth-order valence-electron chi connectivity index (χ4n) is 3.72. The molecule has 0 spiro atoms. The van der Waals surface area contributed by atoms with Gasteiger partial charge in [-0.3, -0.25) is 9.59 Å². The molecule has 0 radical (unpaired) electrons. The molecule has 124 valence electrons. The van der Waals surface area contributed by atoms with Crippen LogP contribution in [0.15, 0.2) is 18.7 Å². The van der Waals surface area contributed by atoms with Crippen molar-refractivity contribution in [2.24, 2.45) is 5.92 Å². The molecule has 0 unspecified atom stereocenters. The molecule has 6 heteroatoms. The first kappa shape index (κ1) is 15.9. The van der Waals surface area contributed by atoms with E-state index in [1.54, 1.807) is 12.4 Å². The number of likely N-dealkylation sites (tertiary alicyclic amines) is 2. The van der Waals surface area contributed by atoms with Gasteiger partial charge < -0.3 is 9.80 Å². The summed E-state index contributed by atoms with van der Waals surface area (Å²) in [6, 6.07) is 0.287. The van der Waals surface area contributed by atoms with Gasteiger partial charge in [-0.1, -0.05) is 13.8 Å². The van der Waals surface area contributed by atoms with Crippen molar-refractivity contribution in [1.82, 2.24) is 19.8 Å². The van der Waals surface area contributed by atoms with Crippen LogP contribution < -0.4 is 0 Å². The smallest absolute Gasteiger partial charge is 0.225 e. The highest BCUT2D eigenvalue weighted by atomic mass is 16.2. The van der Waals surface area contributed by atoms with Crippen molar-refractivity contribution in [2.75, 3.05) is 13.1 Å². The van der Waals surface area contributed by atoms with Gasteiger partial charge in [-0.25, -0.2) is 9.97 Å². The van der Waals surface area contributed by atoms with Crippen molar-refractivity contribution in [1.29, 1.82) is 0 Å². The number of amides is 2. The number of carbonyl (C=O) groups is 2. The zero-order valence-corrected chi connectivity index (χ0v) is 13.8. The zero-order chi connectivity index (χ0) is 16.4. The Kier molecular flexibility index (Phi) is 4.59. The lowest BCUT2D eigenvalue weighted by atomic mass is 10.1. The van der Waals surface area contributed by atoms with Crippen LogP contribution in [-0.4, -0.2) is 56.8 Å². The van der Waals surface area contributed by atoms with E-state index in [2.05, 4.69) is 23.8 Å². The van der Waals surface area contributed by atoms with Gasteiger partial charge in [0.2, 0.25) is 11.8 Å². The van der Waals surface area contributed by atoms with E-state index in [0.717, 1.165) is 25.1 Å². The lowest BCUT2D eigenvalue weighted by Crippen LogP contribution is -2.41. The maximum absolute atomic E-state index is 12.6. The van der Waals surface area contributed by atoms with Crippen molar-refractivity contribution in [3.05, 3.63) is 24.3 Å². The molecule has 2 atom stereocenters. The van der Waals surface area contributed by atoms with E-state index in [1.165, 1.54) is 6.33 Å². The first-order valence-corrected chi connectivity index (χ1v) is 8.39. The number of hydrogen-bond donors (Lipinski definition) is 0. The Morgan fingerprint density at radius 3 is 2.74 bits per heavy atom. The third-order valence-electron chi connectivity index (χ3n) is 4.74. The van der Waals surface area contributed by atoms with Crippen LogP contribution in [0, 0.1) is 5.92 Å². The fourth-order valence-corrected chi connectivity index (χ4v) is 3.72. The topological polar surface area (TPSA) is 66.4 Å². The second-order valence-corrected chi connectivity index (χ2v) is 6.90. The normalized spacial score (nSPS) is 23.7. The van der Waals surface area contributed by atoms with Crippen molar-refractivity contribution in [2.45, 2.75) is 51.6 Å². The minimum atomic E-state index is 0.0702. The van der Waals surface area contributed by atoms with Gasteiger partial charge in [0.05, 0.1) is 12.1 Å². The first-order valence-electron chi connectivity index (χ1n) is 8.39. The van der Waals surface area contributed by atoms with Gasteiger partial charge in [0, 0.05) is 38.3 Å². The van der Waals surface area contributed by atoms with Gasteiger partial charge in [0.15, 0.2) is 0 Å². The molecule has 2 aliphatic rings. The Morgan fingerprint density at radius 2 is 2.04 bits per heavy atom. The summed E-state index contributed by atoms with van der Waals surface area (Å²) >= 11 is 0. The molecule has 3 heterocycles. The van der Waals surface area contributed by atoms with Crippen LogP contribution in [0.3, 0.4) is 0 Å². The molecule has 2 amide bonds. The van der Waals surface area contributed by atoms with Crippen molar-refractivity contribution >= 4 is 11.8 Å². The number of aryl methyl sites for hydroxylation is 1. The average Bonchev–Trinajstić information content (AvgIpc) is 3.06. The quantitative estimate of drug-likeness (QED) is 0.820. The minimum absolute atomic E-state index is 0.0702. The molecule has 0 saturated carbocycles. The van der Waals surface area contributed by atoms with Gasteiger partial charge in [-0.2, -0.15) is 0 Å². The number of fused-ring (bicyclic) bond motifs is 1. The zero-order valence-electron chi connectivity index (χ0n) is 13.8. The summed E-state index contributed by atoms with van der Waals surface area (Å²) in [5.41, 5.74) is 0.973. The second-order valence-electron chi connectivity index (χ2n) is 6.90. The fraction of sp³-hybridized carbons (Fsp3) is 0.647. The molecular formula is C17H24N4O2. The lowest BCUT2D eigenvalue weighted by Gasteiger charge is -2.26. The highest BCUT2D eigenvalue weighted by molar-refractivity contribution is 5.83. The molecule has 0 aromatic carbocycles. The van der Waals surface area contributed by atoms with Crippen LogP contribution in [0.2, 0.25) is 0 Å². The molecule has 0 aliphatic carbocycles. The third kappa shape index (κ3) is 3.35. The highest BCUT2D eigenvalue weighted by Crippen LogP contribution is 2.33. The van der Waals surface area contributed by atoms with Crippen LogP contribution in [0.25, 0.3) is 0 Å². The average molecular weight is 316 g/mol. The Hall–Kier alpha value is -1.98. The molecular weight excluding hydrogens is 292 g/mol. The van der Waals surface area contributed by atoms with E-state index in [4.69, 9.17) is 0 Å². The second kappa shape index (κ2) is 6.64. The molecule has 2 aliphatic heterocycles. The van der Waals surface area contributed by atoms with Crippen LogP contribution in [-0.2, 0) is 16.0 Å². The summed E-state index contributed by atoms with van der Waals surface area (Å²) < 4.78 is 0. The van der Waals surface area contributed by atoms with E-state index in [-0.39, 0.29) is 23.9 Å². The monoisotopic (exact) mass is 316 g/mol. The van der Waals surface area contributed by atoms with Crippen LogP contribution in [0.1, 0.15) is 38.7 Å². The summed E-state index contributed by atoms with van der Waals surface area (Å²) in [7, 11) is 0. The predicted octanol–water partition coefficient (Wildman–Crippen LogP) is 1.27. The summed E-state index contributed by atoms with van der Waals surface area (Å²) in [6.45, 7) is 5.81. The number of aromatic nitrogens is 2. The summed E-state index contributed by atoms with van der Waals surface area (Å²) in [6.07, 6.45) is 7.48. The van der Waals surface area contributed by atoms with Gasteiger partial charge in [0.25, 0.3) is 0 Å². The molecule has 0 bridgehead atoms. The molecule has 1 aromatic heterocycles. The van der Waals surface area contributed by atoms with Gasteiger partial charge in [-0.05, 0) is 24.3 Å². The van der Waals surface area contributed by atoms with E-state index >= 15 is 0 Å². The number of nitrogens with zero attached hydrogens (tertiary/aromatic N) is 4. The Bertz CT molecular complexity index is 575. The maximum Gasteiger partial charge on any atom is 0.225 e. The van der Waals surface area contributed by atoms with Crippen molar-refractivity contribution in [3.63, 3.8) is 0 Å². The molecule has 23 heavy (non-hydrogen) atoms. The van der Waals surface area contributed by atoms with E-state index in [9.17, 15) is 9.59 Å². The third-order valence-corrected chi connectivity index (χ3v) is 4.74. The van der Waals surface area contributed by atoms with Crippen molar-refractivity contribution in [3.8, 4) is 0 Å². The molecule has 6 nitrogen and oxygen atoms in total. The maximum atomic E-state index is 12.6. The van der Waals surface area contributed by atoms with E-state index in [0.29, 0.717) is 25.2 Å². The van der Waals surface area contributed by atoms with Crippen LogP contribution in [0.5, 0.6) is 0 Å².